The Kier molecular flexibility index (Phi) is 5.04. The van der Waals surface area contributed by atoms with Gasteiger partial charge in [-0.3, -0.25) is 0 Å². The molecule has 0 aromatic heterocycles. The monoisotopic (exact) mass is 298 g/mol. The number of halogens is 5. The number of hydrogen-bond donors (Lipinski definition) is 1. The maximum atomic E-state index is 13.5. The van der Waals surface area contributed by atoms with E-state index in [-0.39, 0.29) is 12.7 Å². The van der Waals surface area contributed by atoms with Crippen molar-refractivity contribution in [2.75, 3.05) is 6.61 Å². The molecule has 0 fully saturated rings. The maximum Gasteiger partial charge on any atom is 0.416 e. The van der Waals surface area contributed by atoms with E-state index in [9.17, 15) is 31.9 Å². The quantitative estimate of drug-likeness (QED) is 0.687. The van der Waals surface area contributed by atoms with Crippen molar-refractivity contribution in [2.45, 2.75) is 25.4 Å². The lowest BCUT2D eigenvalue weighted by atomic mass is 9.98. The average molecular weight is 298 g/mol. The summed E-state index contributed by atoms with van der Waals surface area (Å²) in [6, 6.07) is 1.33. The third kappa shape index (κ3) is 3.66. The van der Waals surface area contributed by atoms with Crippen molar-refractivity contribution in [1.29, 1.82) is 0 Å². The van der Waals surface area contributed by atoms with E-state index in [1.54, 1.807) is 0 Å². The number of aliphatic hydroxyl groups excluding tert-OH is 1. The molecule has 0 aliphatic heterocycles. The number of carbonyl (C=O) groups excluding carboxylic acids is 1. The van der Waals surface area contributed by atoms with Crippen LogP contribution in [0.3, 0.4) is 0 Å². The highest BCUT2D eigenvalue weighted by atomic mass is 19.4. The second kappa shape index (κ2) is 6.17. The lowest BCUT2D eigenvalue weighted by molar-refractivity contribution is -0.155. The fourth-order valence-electron chi connectivity index (χ4n) is 1.54. The summed E-state index contributed by atoms with van der Waals surface area (Å²) >= 11 is 0. The topological polar surface area (TPSA) is 46.5 Å². The molecule has 2 atom stereocenters. The number of ether oxygens (including phenoxy) is 1. The summed E-state index contributed by atoms with van der Waals surface area (Å²) < 4.78 is 68.7. The fraction of sp³-hybridized carbons (Fsp3) is 0.417. The Labute approximate surface area is 111 Å². The predicted octanol–water partition coefficient (Wildman–Crippen LogP) is 2.78. The van der Waals surface area contributed by atoms with Gasteiger partial charge in [-0.15, -0.1) is 0 Å². The summed E-state index contributed by atoms with van der Waals surface area (Å²) in [5.41, 5.74) is -2.48. The largest absolute Gasteiger partial charge is 0.464 e. The summed E-state index contributed by atoms with van der Waals surface area (Å²) in [7, 11) is 0. The molecule has 0 amide bonds. The summed E-state index contributed by atoms with van der Waals surface area (Å²) in [6.07, 6.45) is -10.1. The first kappa shape index (κ1) is 16.4. The van der Waals surface area contributed by atoms with Crippen LogP contribution < -0.4 is 0 Å². The molecule has 0 heterocycles. The van der Waals surface area contributed by atoms with Crippen LogP contribution in [0.5, 0.6) is 0 Å². The molecule has 2 unspecified atom stereocenters. The van der Waals surface area contributed by atoms with E-state index in [4.69, 9.17) is 0 Å². The zero-order chi connectivity index (χ0) is 15.5. The van der Waals surface area contributed by atoms with Gasteiger partial charge in [0.2, 0.25) is 6.17 Å². The van der Waals surface area contributed by atoms with Gasteiger partial charge in [0.1, 0.15) is 11.9 Å². The van der Waals surface area contributed by atoms with Crippen molar-refractivity contribution >= 4 is 5.97 Å². The van der Waals surface area contributed by atoms with Gasteiger partial charge in [0.05, 0.1) is 12.2 Å². The van der Waals surface area contributed by atoms with E-state index in [0.717, 1.165) is 0 Å². The number of rotatable bonds is 4. The lowest BCUT2D eigenvalue weighted by Crippen LogP contribution is -2.27. The number of hydrogen-bond acceptors (Lipinski definition) is 3. The maximum absolute atomic E-state index is 13.5. The highest BCUT2D eigenvalue weighted by Gasteiger charge is 2.39. The molecule has 1 N–H and O–H groups in total. The molecule has 1 aromatic rings. The molecule has 0 spiro atoms. The summed E-state index contributed by atoms with van der Waals surface area (Å²) in [5, 5.41) is 9.52. The van der Waals surface area contributed by atoms with Gasteiger partial charge in [0, 0.05) is 0 Å². The summed E-state index contributed by atoms with van der Waals surface area (Å²) in [6.45, 7) is 1.18. The molecular weight excluding hydrogens is 287 g/mol. The Morgan fingerprint density at radius 3 is 2.50 bits per heavy atom. The number of aliphatic hydroxyl groups is 1. The predicted molar refractivity (Wildman–Crippen MR) is 57.9 cm³/mol. The Bertz CT molecular complexity index is 486. The average Bonchev–Trinajstić information content (AvgIpc) is 2.36. The Hall–Kier alpha value is -1.70. The highest BCUT2D eigenvalue weighted by molar-refractivity contribution is 5.75. The van der Waals surface area contributed by atoms with Crippen LogP contribution >= 0.6 is 0 Å². The second-order valence-corrected chi connectivity index (χ2v) is 3.83. The van der Waals surface area contributed by atoms with Gasteiger partial charge in [-0.1, -0.05) is 6.07 Å². The molecule has 0 radical (unpaired) electrons. The molecule has 0 saturated heterocycles. The zero-order valence-electron chi connectivity index (χ0n) is 10.2. The molecule has 0 aliphatic rings. The smallest absolute Gasteiger partial charge is 0.416 e. The molecule has 1 rings (SSSR count). The number of carbonyl (C=O) groups is 1. The van der Waals surface area contributed by atoms with Crippen molar-refractivity contribution < 1.29 is 36.6 Å². The van der Waals surface area contributed by atoms with Crippen molar-refractivity contribution in [1.82, 2.24) is 0 Å². The van der Waals surface area contributed by atoms with E-state index in [2.05, 4.69) is 4.74 Å². The first-order chi connectivity index (χ1) is 9.18. The Balaban J connectivity index is 3.16. The summed E-state index contributed by atoms with van der Waals surface area (Å²) in [4.78, 5) is 11.1. The van der Waals surface area contributed by atoms with Crippen LogP contribution in [0.25, 0.3) is 0 Å². The van der Waals surface area contributed by atoms with E-state index in [1.807, 2.05) is 0 Å². The fourth-order valence-corrected chi connectivity index (χ4v) is 1.54. The van der Waals surface area contributed by atoms with Gasteiger partial charge in [-0.25, -0.2) is 13.6 Å². The van der Waals surface area contributed by atoms with Crippen LogP contribution in [0.2, 0.25) is 0 Å². The van der Waals surface area contributed by atoms with Crippen LogP contribution in [0, 0.1) is 5.82 Å². The zero-order valence-corrected chi connectivity index (χ0v) is 10.2. The van der Waals surface area contributed by atoms with E-state index in [1.165, 1.54) is 6.92 Å². The third-order valence-corrected chi connectivity index (χ3v) is 2.43. The molecule has 20 heavy (non-hydrogen) atoms. The first-order valence-corrected chi connectivity index (χ1v) is 5.54. The van der Waals surface area contributed by atoms with E-state index >= 15 is 0 Å². The van der Waals surface area contributed by atoms with Gasteiger partial charge in [0.25, 0.3) is 0 Å². The van der Waals surface area contributed by atoms with Gasteiger partial charge in [-0.05, 0) is 24.6 Å². The third-order valence-electron chi connectivity index (χ3n) is 2.43. The van der Waals surface area contributed by atoms with Crippen molar-refractivity contribution in [3.8, 4) is 0 Å². The van der Waals surface area contributed by atoms with Crippen molar-refractivity contribution in [2.24, 2.45) is 0 Å². The number of alkyl halides is 4. The van der Waals surface area contributed by atoms with Crippen LogP contribution in [-0.2, 0) is 15.7 Å². The van der Waals surface area contributed by atoms with Crippen LogP contribution in [0.15, 0.2) is 18.2 Å². The van der Waals surface area contributed by atoms with Gasteiger partial charge < -0.3 is 9.84 Å². The molecule has 112 valence electrons. The molecule has 0 bridgehead atoms. The second-order valence-electron chi connectivity index (χ2n) is 3.83. The highest BCUT2D eigenvalue weighted by Crippen LogP contribution is 2.36. The Morgan fingerprint density at radius 2 is 2.00 bits per heavy atom. The van der Waals surface area contributed by atoms with Crippen LogP contribution in [0.4, 0.5) is 22.0 Å². The minimum absolute atomic E-state index is 0.121. The normalized spacial score (nSPS) is 14.8. The van der Waals surface area contributed by atoms with E-state index in [0.29, 0.717) is 12.1 Å². The first-order valence-electron chi connectivity index (χ1n) is 5.54. The van der Waals surface area contributed by atoms with Gasteiger partial charge in [0.15, 0.2) is 0 Å². The van der Waals surface area contributed by atoms with Crippen molar-refractivity contribution in [3.63, 3.8) is 0 Å². The van der Waals surface area contributed by atoms with Crippen molar-refractivity contribution in [3.05, 3.63) is 35.1 Å². The minimum Gasteiger partial charge on any atom is -0.464 e. The molecular formula is C12H11F5O3. The van der Waals surface area contributed by atoms with Crippen LogP contribution in [0.1, 0.15) is 24.2 Å². The number of benzene rings is 1. The SMILES string of the molecule is CCOC(=O)C(F)C(O)c1ccc(F)cc1C(F)(F)F. The lowest BCUT2D eigenvalue weighted by Gasteiger charge is -2.19. The van der Waals surface area contributed by atoms with Gasteiger partial charge in [-0.2, -0.15) is 13.2 Å². The standard InChI is InChI=1S/C12H11F5O3/c1-2-20-11(19)9(14)10(18)7-4-3-6(13)5-8(7)12(15,16)17/h3-5,9-10,18H,2H2,1H3. The minimum atomic E-state index is -4.99. The molecule has 3 nitrogen and oxygen atoms in total. The van der Waals surface area contributed by atoms with Gasteiger partial charge >= 0.3 is 12.1 Å². The molecule has 0 aliphatic carbocycles. The Morgan fingerprint density at radius 1 is 1.40 bits per heavy atom. The molecule has 1 aromatic carbocycles. The van der Waals surface area contributed by atoms with E-state index < -0.39 is 41.4 Å². The summed E-state index contributed by atoms with van der Waals surface area (Å²) in [5.74, 6) is -2.68. The molecule has 0 saturated carbocycles. The molecule has 8 heteroatoms. The number of esters is 1. The van der Waals surface area contributed by atoms with Crippen LogP contribution in [-0.4, -0.2) is 23.9 Å².